The molecule has 0 spiro atoms. The van der Waals surface area contributed by atoms with Gasteiger partial charge in [0.1, 0.15) is 5.52 Å². The Balaban J connectivity index is 1.83. The van der Waals surface area contributed by atoms with Gasteiger partial charge in [0.2, 0.25) is 0 Å². The lowest BCUT2D eigenvalue weighted by Gasteiger charge is -2.07. The zero-order chi connectivity index (χ0) is 12.8. The van der Waals surface area contributed by atoms with Crippen molar-refractivity contribution >= 4 is 16.6 Å². The van der Waals surface area contributed by atoms with E-state index in [0.29, 0.717) is 11.6 Å². The molecule has 96 valence electrons. The fourth-order valence-corrected chi connectivity index (χ4v) is 2.52. The van der Waals surface area contributed by atoms with Crippen LogP contribution in [0.25, 0.3) is 16.6 Å². The number of H-pyrrole nitrogens is 1. The average Bonchev–Trinajstić information content (AvgIpc) is 3.10. The van der Waals surface area contributed by atoms with Gasteiger partial charge < -0.3 is 14.7 Å². The molecule has 1 aliphatic rings. The van der Waals surface area contributed by atoms with Gasteiger partial charge in [-0.3, -0.25) is 4.79 Å². The van der Waals surface area contributed by atoms with Gasteiger partial charge in [0.25, 0.3) is 5.56 Å². The Labute approximate surface area is 110 Å². The van der Waals surface area contributed by atoms with Crippen molar-refractivity contribution in [3.63, 3.8) is 0 Å². The molecule has 1 saturated carbocycles. The van der Waals surface area contributed by atoms with Crippen LogP contribution in [0.4, 0.5) is 0 Å². The van der Waals surface area contributed by atoms with E-state index in [0.717, 1.165) is 17.6 Å². The minimum atomic E-state index is -0.0372. The number of aromatic nitrogens is 2. The van der Waals surface area contributed by atoms with Crippen LogP contribution < -0.4 is 10.9 Å². The third-order valence-corrected chi connectivity index (χ3v) is 3.72. The van der Waals surface area contributed by atoms with Crippen LogP contribution in [-0.2, 0) is 6.54 Å². The van der Waals surface area contributed by atoms with Gasteiger partial charge in [-0.2, -0.15) is 0 Å². The van der Waals surface area contributed by atoms with Crippen molar-refractivity contribution in [1.82, 2.24) is 14.7 Å². The molecule has 3 aromatic rings. The van der Waals surface area contributed by atoms with E-state index < -0.39 is 0 Å². The smallest absolute Gasteiger partial charge is 0.272 e. The second-order valence-corrected chi connectivity index (χ2v) is 5.22. The number of fused-ring (bicyclic) bond motifs is 3. The van der Waals surface area contributed by atoms with Crippen molar-refractivity contribution in [3.8, 4) is 0 Å². The Kier molecular flexibility index (Phi) is 2.26. The molecule has 2 N–H and O–H groups in total. The monoisotopic (exact) mass is 253 g/mol. The van der Waals surface area contributed by atoms with Crippen LogP contribution >= 0.6 is 0 Å². The summed E-state index contributed by atoms with van der Waals surface area (Å²) in [6.07, 6.45) is 4.50. The molecular weight excluding hydrogens is 238 g/mol. The number of benzene rings is 1. The quantitative estimate of drug-likeness (QED) is 0.750. The first-order chi connectivity index (χ1) is 9.31. The van der Waals surface area contributed by atoms with E-state index in [1.54, 1.807) is 0 Å². The second-order valence-electron chi connectivity index (χ2n) is 5.22. The maximum atomic E-state index is 11.9. The molecule has 0 atom stereocenters. The topological polar surface area (TPSA) is 49.3 Å². The molecule has 19 heavy (non-hydrogen) atoms. The molecule has 0 radical (unpaired) electrons. The average molecular weight is 253 g/mol. The largest absolute Gasteiger partial charge is 0.319 e. The first kappa shape index (κ1) is 10.8. The van der Waals surface area contributed by atoms with Crippen molar-refractivity contribution in [2.45, 2.75) is 25.4 Å². The first-order valence-electron chi connectivity index (χ1n) is 6.67. The zero-order valence-electron chi connectivity index (χ0n) is 10.5. The first-order valence-corrected chi connectivity index (χ1v) is 6.67. The highest BCUT2D eigenvalue weighted by Crippen LogP contribution is 2.20. The number of nitrogens with one attached hydrogen (secondary N) is 2. The summed E-state index contributed by atoms with van der Waals surface area (Å²) in [4.78, 5) is 14.9. The third-order valence-electron chi connectivity index (χ3n) is 3.72. The fourth-order valence-electron chi connectivity index (χ4n) is 2.52. The molecule has 0 unspecified atom stereocenters. The minimum Gasteiger partial charge on any atom is -0.319 e. The van der Waals surface area contributed by atoms with Gasteiger partial charge >= 0.3 is 0 Å². The van der Waals surface area contributed by atoms with Gasteiger partial charge in [0, 0.05) is 18.8 Å². The Morgan fingerprint density at radius 2 is 2.16 bits per heavy atom. The van der Waals surface area contributed by atoms with Crippen LogP contribution in [0, 0.1) is 0 Å². The number of rotatable bonds is 3. The molecule has 0 aliphatic heterocycles. The lowest BCUT2D eigenvalue weighted by Crippen LogP contribution is -2.15. The Morgan fingerprint density at radius 1 is 1.26 bits per heavy atom. The second kappa shape index (κ2) is 3.96. The Hall–Kier alpha value is -2.07. The summed E-state index contributed by atoms with van der Waals surface area (Å²) >= 11 is 0. The summed E-state index contributed by atoms with van der Waals surface area (Å²) in [5.74, 6) is 0. The van der Waals surface area contributed by atoms with Crippen molar-refractivity contribution in [2.75, 3.05) is 0 Å². The number of aromatic amines is 1. The predicted molar refractivity (Wildman–Crippen MR) is 75.4 cm³/mol. The van der Waals surface area contributed by atoms with Crippen molar-refractivity contribution in [2.24, 2.45) is 0 Å². The fraction of sp³-hybridized carbons (Fsp3) is 0.267. The summed E-state index contributed by atoms with van der Waals surface area (Å²) in [6.45, 7) is 0.867. The molecule has 0 amide bonds. The van der Waals surface area contributed by atoms with E-state index in [2.05, 4.69) is 28.5 Å². The predicted octanol–water partition coefficient (Wildman–Crippen LogP) is 2.03. The summed E-state index contributed by atoms with van der Waals surface area (Å²) in [5.41, 5.74) is 3.79. The van der Waals surface area contributed by atoms with E-state index >= 15 is 0 Å². The molecule has 2 aromatic heterocycles. The van der Waals surface area contributed by atoms with Gasteiger partial charge in [-0.15, -0.1) is 0 Å². The van der Waals surface area contributed by atoms with Crippen molar-refractivity contribution in [3.05, 3.63) is 52.4 Å². The SMILES string of the molecule is O=c1[nH]c2cc(CNC3CC3)ccc2n2cccc12. The maximum Gasteiger partial charge on any atom is 0.272 e. The molecule has 4 heteroatoms. The highest BCUT2D eigenvalue weighted by Gasteiger charge is 2.19. The highest BCUT2D eigenvalue weighted by molar-refractivity contribution is 5.78. The molecule has 1 aliphatic carbocycles. The summed E-state index contributed by atoms with van der Waals surface area (Å²) in [5, 5.41) is 3.49. The molecule has 1 aromatic carbocycles. The minimum absolute atomic E-state index is 0.0372. The van der Waals surface area contributed by atoms with Crippen LogP contribution in [0.2, 0.25) is 0 Å². The molecule has 1 fully saturated rings. The molecular formula is C15H15N3O. The van der Waals surface area contributed by atoms with E-state index in [1.165, 1.54) is 18.4 Å². The number of nitrogens with zero attached hydrogens (tertiary/aromatic N) is 1. The standard InChI is InChI=1S/C15H15N3O/c19-15-14-2-1-7-18(14)13-6-3-10(8-12(13)17-15)9-16-11-4-5-11/h1-3,6-8,11,16H,4-5,9H2,(H,17,19). The normalized spacial score (nSPS) is 15.4. The third kappa shape index (κ3) is 1.85. The highest BCUT2D eigenvalue weighted by atomic mass is 16.1. The number of hydrogen-bond acceptors (Lipinski definition) is 2. The van der Waals surface area contributed by atoms with Gasteiger partial charge in [-0.25, -0.2) is 0 Å². The van der Waals surface area contributed by atoms with Gasteiger partial charge in [-0.05, 0) is 42.7 Å². The van der Waals surface area contributed by atoms with Crippen molar-refractivity contribution in [1.29, 1.82) is 0 Å². The molecule has 0 saturated heterocycles. The van der Waals surface area contributed by atoms with E-state index in [9.17, 15) is 4.79 Å². The van der Waals surface area contributed by atoms with E-state index in [4.69, 9.17) is 0 Å². The van der Waals surface area contributed by atoms with Crippen molar-refractivity contribution < 1.29 is 0 Å². The van der Waals surface area contributed by atoms with Crippen LogP contribution in [0.3, 0.4) is 0 Å². The maximum absolute atomic E-state index is 11.9. The van der Waals surface area contributed by atoms with Crippen LogP contribution in [-0.4, -0.2) is 15.4 Å². The zero-order valence-corrected chi connectivity index (χ0v) is 10.5. The Bertz CT molecular complexity index is 811. The Morgan fingerprint density at radius 3 is 3.00 bits per heavy atom. The summed E-state index contributed by atoms with van der Waals surface area (Å²) < 4.78 is 1.94. The van der Waals surface area contributed by atoms with Crippen LogP contribution in [0.15, 0.2) is 41.3 Å². The van der Waals surface area contributed by atoms with Gasteiger partial charge in [0.05, 0.1) is 11.0 Å². The molecule has 4 rings (SSSR count). The molecule has 4 nitrogen and oxygen atoms in total. The molecule has 0 bridgehead atoms. The lowest BCUT2D eigenvalue weighted by atomic mass is 10.2. The van der Waals surface area contributed by atoms with E-state index in [-0.39, 0.29) is 5.56 Å². The number of hydrogen-bond donors (Lipinski definition) is 2. The lowest BCUT2D eigenvalue weighted by molar-refractivity contribution is 0.688. The summed E-state index contributed by atoms with van der Waals surface area (Å²) in [6, 6.07) is 10.7. The summed E-state index contributed by atoms with van der Waals surface area (Å²) in [7, 11) is 0. The van der Waals surface area contributed by atoms with Gasteiger partial charge in [0.15, 0.2) is 0 Å². The van der Waals surface area contributed by atoms with Crippen LogP contribution in [0.5, 0.6) is 0 Å². The van der Waals surface area contributed by atoms with Gasteiger partial charge in [-0.1, -0.05) is 6.07 Å². The van der Waals surface area contributed by atoms with Crippen LogP contribution in [0.1, 0.15) is 18.4 Å². The molecule has 2 heterocycles. The van der Waals surface area contributed by atoms with E-state index in [1.807, 2.05) is 22.7 Å².